The van der Waals surface area contributed by atoms with Crippen molar-refractivity contribution in [3.05, 3.63) is 23.8 Å². The van der Waals surface area contributed by atoms with Crippen LogP contribution in [0.15, 0.2) is 18.2 Å². The summed E-state index contributed by atoms with van der Waals surface area (Å²) < 4.78 is 10.7. The molecule has 4 amide bonds. The number of ether oxygens (including phenoxy) is 2. The second kappa shape index (κ2) is 7.55. The minimum atomic E-state index is -0.866. The van der Waals surface area contributed by atoms with Crippen molar-refractivity contribution < 1.29 is 23.9 Å². The van der Waals surface area contributed by atoms with Gasteiger partial charge in [0.2, 0.25) is 6.79 Å². The fourth-order valence-electron chi connectivity index (χ4n) is 4.13. The third kappa shape index (κ3) is 3.87. The lowest BCUT2D eigenvalue weighted by molar-refractivity contribution is -0.140. The van der Waals surface area contributed by atoms with E-state index in [-0.39, 0.29) is 19.2 Å². The molecule has 156 valence electrons. The summed E-state index contributed by atoms with van der Waals surface area (Å²) in [6.07, 6.45) is 2.97. The molecule has 1 aliphatic carbocycles. The number of nitrogens with zero attached hydrogens (tertiary/aromatic N) is 2. The van der Waals surface area contributed by atoms with Crippen LogP contribution in [0.3, 0.4) is 0 Å². The van der Waals surface area contributed by atoms with Crippen molar-refractivity contribution in [1.29, 1.82) is 0 Å². The number of likely N-dealkylation sites (N-methyl/N-ethyl adjacent to an activating group) is 1. The summed E-state index contributed by atoms with van der Waals surface area (Å²) in [4.78, 5) is 39.3. The summed E-state index contributed by atoms with van der Waals surface area (Å²) in [6, 6.07) is 5.06. The third-order valence-electron chi connectivity index (χ3n) is 5.83. The maximum Gasteiger partial charge on any atom is 0.344 e. The number of fused-ring (bicyclic) bond motifs is 1. The zero-order valence-electron chi connectivity index (χ0n) is 16.7. The van der Waals surface area contributed by atoms with Gasteiger partial charge >= 0.3 is 6.03 Å². The molecule has 1 saturated carbocycles. The zero-order valence-corrected chi connectivity index (χ0v) is 16.7. The van der Waals surface area contributed by atoms with Crippen LogP contribution < -0.4 is 20.2 Å². The van der Waals surface area contributed by atoms with Crippen molar-refractivity contribution in [3.8, 4) is 11.5 Å². The van der Waals surface area contributed by atoms with Gasteiger partial charge in [0.05, 0.1) is 6.54 Å². The maximum absolute atomic E-state index is 12.8. The second-order valence-corrected chi connectivity index (χ2v) is 8.23. The topological polar surface area (TPSA) is 100 Å². The first kappa shape index (κ1) is 19.5. The van der Waals surface area contributed by atoms with Gasteiger partial charge in [0.25, 0.3) is 11.8 Å². The van der Waals surface area contributed by atoms with Crippen LogP contribution in [-0.2, 0) is 16.1 Å². The van der Waals surface area contributed by atoms with Crippen LogP contribution in [0.1, 0.15) is 38.2 Å². The smallest absolute Gasteiger partial charge is 0.344 e. The van der Waals surface area contributed by atoms with Gasteiger partial charge in [0.15, 0.2) is 11.5 Å². The van der Waals surface area contributed by atoms with E-state index in [0.717, 1.165) is 23.4 Å². The van der Waals surface area contributed by atoms with Crippen molar-refractivity contribution in [3.63, 3.8) is 0 Å². The number of hydrazine groups is 1. The molecule has 0 atom stereocenters. The first-order valence-corrected chi connectivity index (χ1v) is 9.89. The van der Waals surface area contributed by atoms with Crippen LogP contribution in [0, 0.1) is 5.92 Å². The Balaban J connectivity index is 1.32. The number of nitrogens with one attached hydrogen (secondary N) is 2. The van der Waals surface area contributed by atoms with E-state index in [1.807, 2.05) is 18.2 Å². The molecule has 4 rings (SSSR count). The molecule has 0 aromatic heterocycles. The van der Waals surface area contributed by atoms with E-state index in [2.05, 4.69) is 17.7 Å². The van der Waals surface area contributed by atoms with Gasteiger partial charge in [-0.25, -0.2) is 4.79 Å². The number of imide groups is 1. The van der Waals surface area contributed by atoms with Crippen LogP contribution in [0.4, 0.5) is 4.79 Å². The van der Waals surface area contributed by atoms with Gasteiger partial charge in [-0.3, -0.25) is 19.9 Å². The summed E-state index contributed by atoms with van der Waals surface area (Å²) in [7, 11) is 1.79. The number of rotatable bonds is 5. The SMILES string of the molecule is CC1CCC2(CC1)NC(=O)N(NC(=O)CN(C)Cc1ccc3c(c1)OCO3)C2=O. The number of carbonyl (C=O) groups is 3. The van der Waals surface area contributed by atoms with Crippen LogP contribution in [-0.4, -0.2) is 53.7 Å². The lowest BCUT2D eigenvalue weighted by Crippen LogP contribution is -2.52. The highest BCUT2D eigenvalue weighted by Gasteiger charge is 2.52. The molecule has 2 aliphatic heterocycles. The fourth-order valence-corrected chi connectivity index (χ4v) is 4.13. The minimum absolute atomic E-state index is 0.0372. The summed E-state index contributed by atoms with van der Waals surface area (Å²) >= 11 is 0. The van der Waals surface area contributed by atoms with Crippen LogP contribution in [0.25, 0.3) is 0 Å². The number of benzene rings is 1. The van der Waals surface area contributed by atoms with Crippen LogP contribution >= 0.6 is 0 Å². The van der Waals surface area contributed by atoms with Gasteiger partial charge < -0.3 is 14.8 Å². The lowest BCUT2D eigenvalue weighted by Gasteiger charge is -2.33. The van der Waals surface area contributed by atoms with E-state index in [1.165, 1.54) is 0 Å². The van der Waals surface area contributed by atoms with Crippen molar-refractivity contribution in [2.75, 3.05) is 20.4 Å². The molecule has 1 saturated heterocycles. The summed E-state index contributed by atoms with van der Waals surface area (Å²) in [5.41, 5.74) is 2.57. The monoisotopic (exact) mass is 402 g/mol. The minimum Gasteiger partial charge on any atom is -0.454 e. The van der Waals surface area contributed by atoms with Gasteiger partial charge in [-0.2, -0.15) is 5.01 Å². The largest absolute Gasteiger partial charge is 0.454 e. The number of hydrogen-bond acceptors (Lipinski definition) is 6. The average Bonchev–Trinajstić information content (AvgIpc) is 3.22. The maximum atomic E-state index is 12.8. The molecule has 2 fully saturated rings. The molecule has 0 unspecified atom stereocenters. The Kier molecular flexibility index (Phi) is 5.08. The molecule has 2 N–H and O–H groups in total. The first-order valence-electron chi connectivity index (χ1n) is 9.89. The summed E-state index contributed by atoms with van der Waals surface area (Å²) in [5.74, 6) is 1.16. The highest BCUT2D eigenvalue weighted by atomic mass is 16.7. The average molecular weight is 402 g/mol. The van der Waals surface area contributed by atoms with Crippen LogP contribution in [0.2, 0.25) is 0 Å². The van der Waals surface area contributed by atoms with E-state index < -0.39 is 17.5 Å². The Morgan fingerprint density at radius 3 is 2.76 bits per heavy atom. The normalized spacial score (nSPS) is 25.6. The molecule has 1 aromatic carbocycles. The summed E-state index contributed by atoms with van der Waals surface area (Å²) in [6.45, 7) is 2.90. The van der Waals surface area contributed by atoms with E-state index in [9.17, 15) is 14.4 Å². The first-order chi connectivity index (χ1) is 13.9. The predicted octanol–water partition coefficient (Wildman–Crippen LogP) is 1.38. The molecule has 9 nitrogen and oxygen atoms in total. The lowest BCUT2D eigenvalue weighted by atomic mass is 9.77. The van der Waals surface area contributed by atoms with Crippen LogP contribution in [0.5, 0.6) is 11.5 Å². The van der Waals surface area contributed by atoms with E-state index >= 15 is 0 Å². The molecule has 0 radical (unpaired) electrons. The number of amides is 4. The Labute approximate surface area is 169 Å². The van der Waals surface area contributed by atoms with Gasteiger partial charge in [0.1, 0.15) is 5.54 Å². The second-order valence-electron chi connectivity index (χ2n) is 8.23. The van der Waals surface area contributed by atoms with Crippen molar-refractivity contribution in [2.24, 2.45) is 5.92 Å². The van der Waals surface area contributed by atoms with Crippen molar-refractivity contribution in [1.82, 2.24) is 20.7 Å². The molecule has 29 heavy (non-hydrogen) atoms. The van der Waals surface area contributed by atoms with E-state index in [0.29, 0.717) is 36.8 Å². The molecule has 1 spiro atoms. The van der Waals surface area contributed by atoms with E-state index in [1.54, 1.807) is 11.9 Å². The molecule has 2 heterocycles. The molecular formula is C20H26N4O5. The highest BCUT2D eigenvalue weighted by Crippen LogP contribution is 2.36. The molecule has 0 bridgehead atoms. The van der Waals surface area contributed by atoms with Gasteiger partial charge in [-0.15, -0.1) is 0 Å². The number of urea groups is 1. The van der Waals surface area contributed by atoms with Gasteiger partial charge in [-0.05, 0) is 56.3 Å². The molecule has 1 aromatic rings. The standard InChI is InChI=1S/C20H26N4O5/c1-13-5-7-20(8-6-13)18(26)24(19(27)21-20)22-17(25)11-23(2)10-14-3-4-15-16(9-14)29-12-28-15/h3-4,9,13H,5-8,10-12H2,1-2H3,(H,21,27)(H,22,25). The van der Waals surface area contributed by atoms with E-state index in [4.69, 9.17) is 9.47 Å². The predicted molar refractivity (Wildman–Crippen MR) is 103 cm³/mol. The molecule has 3 aliphatic rings. The zero-order chi connectivity index (χ0) is 20.6. The Morgan fingerprint density at radius 1 is 1.28 bits per heavy atom. The van der Waals surface area contributed by atoms with Crippen molar-refractivity contribution >= 4 is 17.8 Å². The van der Waals surface area contributed by atoms with Crippen molar-refractivity contribution in [2.45, 2.75) is 44.7 Å². The molecule has 9 heteroatoms. The Morgan fingerprint density at radius 2 is 2.00 bits per heavy atom. The fraction of sp³-hybridized carbons (Fsp3) is 0.550. The Bertz CT molecular complexity index is 834. The number of hydrogen-bond donors (Lipinski definition) is 2. The molecular weight excluding hydrogens is 376 g/mol. The summed E-state index contributed by atoms with van der Waals surface area (Å²) in [5, 5.41) is 3.64. The van der Waals surface area contributed by atoms with Gasteiger partial charge in [-0.1, -0.05) is 13.0 Å². The highest BCUT2D eigenvalue weighted by molar-refractivity contribution is 6.08. The van der Waals surface area contributed by atoms with Gasteiger partial charge in [0, 0.05) is 6.54 Å². The third-order valence-corrected chi connectivity index (χ3v) is 5.83. The number of carbonyl (C=O) groups excluding carboxylic acids is 3. The Hall–Kier alpha value is -2.81. The quantitative estimate of drug-likeness (QED) is 0.722.